The number of fused-ring (bicyclic) bond motifs is 1. The van der Waals surface area contributed by atoms with Crippen LogP contribution in [0.5, 0.6) is 0 Å². The maximum Gasteiger partial charge on any atom is 0.235 e. The Kier molecular flexibility index (Phi) is 4.15. The van der Waals surface area contributed by atoms with Gasteiger partial charge in [0.1, 0.15) is 0 Å². The number of hydrogen-bond donors (Lipinski definition) is 0. The third-order valence-electron chi connectivity index (χ3n) is 3.96. The summed E-state index contributed by atoms with van der Waals surface area (Å²) in [5.41, 5.74) is 2.21. The van der Waals surface area contributed by atoms with E-state index in [0.717, 1.165) is 36.5 Å². The molecule has 1 saturated heterocycles. The van der Waals surface area contributed by atoms with Gasteiger partial charge in [-0.05, 0) is 44.4 Å². The standard InChI is InChI=1S/C17H20N2OS/c1-12-11-16(18-15-8-4-3-7-14(12)15)21-13(2)17(20)19-9-5-6-10-19/h3-4,7-8,11,13H,5-6,9-10H2,1-2H3. The van der Waals surface area contributed by atoms with Crippen molar-refractivity contribution in [1.82, 2.24) is 9.88 Å². The van der Waals surface area contributed by atoms with Gasteiger partial charge < -0.3 is 4.90 Å². The zero-order chi connectivity index (χ0) is 14.8. The van der Waals surface area contributed by atoms with Crippen LogP contribution in [-0.4, -0.2) is 34.1 Å². The molecular formula is C17H20N2OS. The second-order valence-corrected chi connectivity index (χ2v) is 6.95. The lowest BCUT2D eigenvalue weighted by molar-refractivity contribution is -0.129. The molecule has 1 unspecified atom stereocenters. The van der Waals surface area contributed by atoms with Crippen LogP contribution < -0.4 is 0 Å². The third-order valence-corrected chi connectivity index (χ3v) is 4.97. The Morgan fingerprint density at radius 1 is 1.29 bits per heavy atom. The van der Waals surface area contributed by atoms with Gasteiger partial charge in [-0.15, -0.1) is 0 Å². The number of carbonyl (C=O) groups excluding carboxylic acids is 1. The number of carbonyl (C=O) groups is 1. The highest BCUT2D eigenvalue weighted by atomic mass is 32.2. The van der Waals surface area contributed by atoms with Crippen molar-refractivity contribution in [3.63, 3.8) is 0 Å². The van der Waals surface area contributed by atoms with Crippen molar-refractivity contribution in [2.45, 2.75) is 37.0 Å². The fraction of sp³-hybridized carbons (Fsp3) is 0.412. The predicted octanol–water partition coefficient (Wildman–Crippen LogP) is 3.65. The first-order valence-electron chi connectivity index (χ1n) is 7.47. The summed E-state index contributed by atoms with van der Waals surface area (Å²) in [7, 11) is 0. The van der Waals surface area contributed by atoms with Gasteiger partial charge in [0.05, 0.1) is 15.8 Å². The lowest BCUT2D eigenvalue weighted by atomic mass is 10.1. The molecule has 1 amide bonds. The molecule has 2 heterocycles. The summed E-state index contributed by atoms with van der Waals surface area (Å²) in [6, 6.07) is 10.2. The smallest absolute Gasteiger partial charge is 0.235 e. The first-order valence-corrected chi connectivity index (χ1v) is 8.35. The van der Waals surface area contributed by atoms with Gasteiger partial charge in [-0.2, -0.15) is 0 Å². The monoisotopic (exact) mass is 300 g/mol. The van der Waals surface area contributed by atoms with E-state index < -0.39 is 0 Å². The van der Waals surface area contributed by atoms with Crippen molar-refractivity contribution in [2.24, 2.45) is 0 Å². The number of amides is 1. The molecule has 3 rings (SSSR count). The summed E-state index contributed by atoms with van der Waals surface area (Å²) in [4.78, 5) is 19.0. The minimum Gasteiger partial charge on any atom is -0.342 e. The van der Waals surface area contributed by atoms with E-state index in [0.29, 0.717) is 0 Å². The zero-order valence-electron chi connectivity index (χ0n) is 12.5. The number of likely N-dealkylation sites (tertiary alicyclic amines) is 1. The van der Waals surface area contributed by atoms with Crippen LogP contribution >= 0.6 is 11.8 Å². The highest BCUT2D eigenvalue weighted by Crippen LogP contribution is 2.28. The molecule has 0 bridgehead atoms. The summed E-state index contributed by atoms with van der Waals surface area (Å²) >= 11 is 1.57. The average Bonchev–Trinajstić information content (AvgIpc) is 3.00. The molecule has 1 fully saturated rings. The van der Waals surface area contributed by atoms with E-state index in [-0.39, 0.29) is 11.2 Å². The Balaban J connectivity index is 1.79. The summed E-state index contributed by atoms with van der Waals surface area (Å²) < 4.78 is 0. The number of rotatable bonds is 3. The molecule has 0 spiro atoms. The topological polar surface area (TPSA) is 33.2 Å². The summed E-state index contributed by atoms with van der Waals surface area (Å²) in [6.07, 6.45) is 2.27. The SMILES string of the molecule is Cc1cc(SC(C)C(=O)N2CCCC2)nc2ccccc12. The zero-order valence-corrected chi connectivity index (χ0v) is 13.3. The van der Waals surface area contributed by atoms with E-state index >= 15 is 0 Å². The number of benzene rings is 1. The van der Waals surface area contributed by atoms with E-state index in [4.69, 9.17) is 0 Å². The van der Waals surface area contributed by atoms with Crippen molar-refractivity contribution < 1.29 is 4.79 Å². The molecule has 0 radical (unpaired) electrons. The molecule has 0 saturated carbocycles. The quantitative estimate of drug-likeness (QED) is 0.811. The highest BCUT2D eigenvalue weighted by Gasteiger charge is 2.24. The molecular weight excluding hydrogens is 280 g/mol. The van der Waals surface area contributed by atoms with Gasteiger partial charge in [0.25, 0.3) is 0 Å². The minimum atomic E-state index is -0.0730. The Hall–Kier alpha value is -1.55. The van der Waals surface area contributed by atoms with Crippen LogP contribution in [-0.2, 0) is 4.79 Å². The van der Waals surface area contributed by atoms with Gasteiger partial charge in [0, 0.05) is 18.5 Å². The van der Waals surface area contributed by atoms with Crippen molar-refractivity contribution in [3.8, 4) is 0 Å². The van der Waals surface area contributed by atoms with Crippen molar-refractivity contribution in [1.29, 1.82) is 0 Å². The Bertz CT molecular complexity index is 665. The second-order valence-electron chi connectivity index (χ2n) is 5.59. The van der Waals surface area contributed by atoms with Crippen LogP contribution in [0.3, 0.4) is 0 Å². The molecule has 0 aliphatic carbocycles. The Morgan fingerprint density at radius 3 is 2.76 bits per heavy atom. The third kappa shape index (κ3) is 3.05. The Labute approximate surface area is 129 Å². The molecule has 110 valence electrons. The van der Waals surface area contributed by atoms with Gasteiger partial charge in [-0.25, -0.2) is 4.98 Å². The molecule has 1 atom stereocenters. The molecule has 1 aromatic heterocycles. The maximum atomic E-state index is 12.4. The van der Waals surface area contributed by atoms with Gasteiger partial charge in [-0.1, -0.05) is 30.0 Å². The number of hydrogen-bond acceptors (Lipinski definition) is 3. The van der Waals surface area contributed by atoms with E-state index in [9.17, 15) is 4.79 Å². The predicted molar refractivity (Wildman–Crippen MR) is 87.6 cm³/mol. The van der Waals surface area contributed by atoms with Crippen LogP contribution in [0.2, 0.25) is 0 Å². The van der Waals surface area contributed by atoms with Crippen LogP contribution in [0.1, 0.15) is 25.3 Å². The largest absolute Gasteiger partial charge is 0.342 e. The fourth-order valence-electron chi connectivity index (χ4n) is 2.81. The summed E-state index contributed by atoms with van der Waals surface area (Å²) in [5.74, 6) is 0.241. The second kappa shape index (κ2) is 6.06. The minimum absolute atomic E-state index is 0.0730. The Morgan fingerprint density at radius 2 is 2.00 bits per heavy atom. The number of nitrogens with zero attached hydrogens (tertiary/aromatic N) is 2. The average molecular weight is 300 g/mol. The molecule has 3 nitrogen and oxygen atoms in total. The summed E-state index contributed by atoms with van der Waals surface area (Å²) in [5, 5.41) is 2.04. The molecule has 1 aromatic carbocycles. The molecule has 0 N–H and O–H groups in total. The molecule has 4 heteroatoms. The van der Waals surface area contributed by atoms with Crippen LogP contribution in [0.4, 0.5) is 0 Å². The van der Waals surface area contributed by atoms with E-state index in [1.165, 1.54) is 10.9 Å². The first-order chi connectivity index (χ1) is 10.1. The lowest BCUT2D eigenvalue weighted by Gasteiger charge is -2.19. The van der Waals surface area contributed by atoms with Crippen molar-refractivity contribution >= 4 is 28.6 Å². The lowest BCUT2D eigenvalue weighted by Crippen LogP contribution is -2.34. The van der Waals surface area contributed by atoms with Crippen LogP contribution in [0, 0.1) is 6.92 Å². The van der Waals surface area contributed by atoms with Crippen LogP contribution in [0.25, 0.3) is 10.9 Å². The number of thioether (sulfide) groups is 1. The van der Waals surface area contributed by atoms with E-state index in [2.05, 4.69) is 24.0 Å². The number of aryl methyl sites for hydroxylation is 1. The number of para-hydroxylation sites is 1. The van der Waals surface area contributed by atoms with Crippen molar-refractivity contribution in [3.05, 3.63) is 35.9 Å². The summed E-state index contributed by atoms with van der Waals surface area (Å²) in [6.45, 7) is 5.90. The first kappa shape index (κ1) is 14.4. The number of aromatic nitrogens is 1. The van der Waals surface area contributed by atoms with Crippen molar-refractivity contribution in [2.75, 3.05) is 13.1 Å². The van der Waals surface area contributed by atoms with Gasteiger partial charge in [0.15, 0.2) is 0 Å². The molecule has 1 aliphatic rings. The normalized spacial score (nSPS) is 16.4. The molecule has 21 heavy (non-hydrogen) atoms. The number of pyridine rings is 1. The van der Waals surface area contributed by atoms with Gasteiger partial charge in [-0.3, -0.25) is 4.79 Å². The van der Waals surface area contributed by atoms with Gasteiger partial charge >= 0.3 is 0 Å². The molecule has 1 aliphatic heterocycles. The molecule has 2 aromatic rings. The van der Waals surface area contributed by atoms with Crippen LogP contribution in [0.15, 0.2) is 35.4 Å². The van der Waals surface area contributed by atoms with Gasteiger partial charge in [0.2, 0.25) is 5.91 Å². The van der Waals surface area contributed by atoms with E-state index in [1.54, 1.807) is 11.8 Å². The maximum absolute atomic E-state index is 12.4. The highest BCUT2D eigenvalue weighted by molar-refractivity contribution is 8.00. The van der Waals surface area contributed by atoms with E-state index in [1.807, 2.05) is 30.0 Å². The fourth-order valence-corrected chi connectivity index (χ4v) is 3.81.